The van der Waals surface area contributed by atoms with E-state index >= 15 is 0 Å². The first-order valence-electron chi connectivity index (χ1n) is 26.6. The molecule has 1 heterocycles. The van der Waals surface area contributed by atoms with E-state index in [1.54, 1.807) is 9.62 Å². The van der Waals surface area contributed by atoms with E-state index in [-0.39, 0.29) is 21.1 Å². The second kappa shape index (κ2) is 34.1. The standard InChI is InChI=1S/4C18H15P.C2H4.2Pt/c4*1-4-10-16(11-5-1)19(17-12-6-2-7-13-17)18-14-8-3-9-15-18;1-2;;/h4*1-15H;1-2H2;;. The van der Waals surface area contributed by atoms with Crippen molar-refractivity contribution in [1.82, 2.24) is 0 Å². The topological polar surface area (TPSA) is 0 Å². The third-order valence-corrected chi connectivity index (χ3v) is 23.2. The Labute approximate surface area is 504 Å². The minimum Gasteiger partial charge on any atom is -0.0622 e. The zero-order valence-electron chi connectivity index (χ0n) is 44.5. The predicted octanol–water partition coefficient (Wildman–Crippen LogP) is 14.7. The molecular formula is C74H64P4Pt2. The largest absolute Gasteiger partial charge is 0.0622 e. The normalized spacial score (nSPS) is 11.1. The van der Waals surface area contributed by atoms with E-state index in [1.165, 1.54) is 63.7 Å². The second-order valence-corrected chi connectivity index (χ2v) is 30.1. The molecule has 0 amide bonds. The minimum absolute atomic E-state index is 0. The maximum Gasteiger partial charge on any atom is 0 e. The fourth-order valence-corrected chi connectivity index (χ4v) is 17.9. The minimum atomic E-state index is -0.446. The van der Waals surface area contributed by atoms with Crippen molar-refractivity contribution >= 4 is 95.3 Å². The molecule has 1 aliphatic rings. The maximum absolute atomic E-state index is 2.23. The van der Waals surface area contributed by atoms with Crippen molar-refractivity contribution in [2.45, 2.75) is 9.62 Å². The van der Waals surface area contributed by atoms with Crippen LogP contribution in [0.4, 0.5) is 0 Å². The van der Waals surface area contributed by atoms with Crippen LogP contribution >= 0.6 is 31.7 Å². The van der Waals surface area contributed by atoms with E-state index in [1.807, 2.05) is 0 Å². The van der Waals surface area contributed by atoms with Gasteiger partial charge in [0.05, 0.1) is 0 Å². The molecule has 0 atom stereocenters. The summed E-state index contributed by atoms with van der Waals surface area (Å²) in [6, 6.07) is 129. The molecule has 0 radical (unpaired) electrons. The van der Waals surface area contributed by atoms with Crippen LogP contribution in [0.25, 0.3) is 0 Å². The van der Waals surface area contributed by atoms with Crippen molar-refractivity contribution in [2.75, 3.05) is 0 Å². The van der Waals surface area contributed by atoms with Crippen molar-refractivity contribution in [2.24, 2.45) is 0 Å². The zero-order valence-corrected chi connectivity index (χ0v) is 52.6. The smallest absolute Gasteiger partial charge is 0 e. The molecular weight excluding hydrogens is 1400 g/mol. The SMILES string of the molecule is [CH2]1[CH2][Pt]1.[Pt].c1ccc(P(c2ccccc2)c2ccccc2)cc1.c1ccc(P(c2ccccc2)c2ccccc2)cc1.c1ccc(P(c2ccccc2)c2ccccc2)cc1.c1ccc(P(c2ccccc2)c2ccccc2)cc1. The molecule has 0 nitrogen and oxygen atoms in total. The predicted molar refractivity (Wildman–Crippen MR) is 350 cm³/mol. The van der Waals surface area contributed by atoms with Gasteiger partial charge in [-0.1, -0.05) is 364 Å². The molecule has 1 aliphatic heterocycles. The van der Waals surface area contributed by atoms with Crippen LogP contribution in [0.3, 0.4) is 0 Å². The Hall–Kier alpha value is -6.26. The van der Waals surface area contributed by atoms with Gasteiger partial charge >= 0.3 is 28.2 Å². The maximum atomic E-state index is 2.23. The number of hydrogen-bond donors (Lipinski definition) is 0. The van der Waals surface area contributed by atoms with Crippen LogP contribution in [0, 0.1) is 0 Å². The summed E-state index contributed by atoms with van der Waals surface area (Å²) in [6.45, 7) is 0. The van der Waals surface area contributed by atoms with Crippen LogP contribution < -0.4 is 63.7 Å². The summed E-state index contributed by atoms with van der Waals surface area (Å²) in [5.74, 6) is 0. The van der Waals surface area contributed by atoms with Gasteiger partial charge in [0.1, 0.15) is 0 Å². The Bertz CT molecular complexity index is 2630. The van der Waals surface area contributed by atoms with Gasteiger partial charge in [0, 0.05) is 21.1 Å². The first-order valence-corrected chi connectivity index (χ1v) is 35.1. The molecule has 0 aromatic heterocycles. The molecule has 0 unspecified atom stereocenters. The summed E-state index contributed by atoms with van der Waals surface area (Å²) >= 11 is 0.833. The Balaban J connectivity index is 0.000000137. The van der Waals surface area contributed by atoms with Gasteiger partial charge < -0.3 is 0 Å². The van der Waals surface area contributed by atoms with Crippen LogP contribution in [0.1, 0.15) is 0 Å². The molecule has 0 spiro atoms. The summed E-state index contributed by atoms with van der Waals surface area (Å²) in [7, 11) is -1.78. The number of rotatable bonds is 12. The summed E-state index contributed by atoms with van der Waals surface area (Å²) in [5.41, 5.74) is 0. The first kappa shape index (κ1) is 59.8. The first-order chi connectivity index (χ1) is 39.3. The van der Waals surface area contributed by atoms with Gasteiger partial charge in [-0.25, -0.2) is 0 Å². The third-order valence-electron chi connectivity index (χ3n) is 12.3. The quantitative estimate of drug-likeness (QED) is 0.107. The fraction of sp³-hybridized carbons (Fsp3) is 0.0270. The average molecular weight is 1470 g/mol. The molecule has 6 heteroatoms. The summed E-state index contributed by atoms with van der Waals surface area (Å²) in [5, 5.41) is 16.8. The van der Waals surface area contributed by atoms with Gasteiger partial charge in [-0.15, -0.1) is 0 Å². The van der Waals surface area contributed by atoms with Gasteiger partial charge in [-0.3, -0.25) is 0 Å². The van der Waals surface area contributed by atoms with Gasteiger partial charge in [0.2, 0.25) is 0 Å². The molecule has 0 saturated carbocycles. The van der Waals surface area contributed by atoms with Crippen molar-refractivity contribution in [3.05, 3.63) is 364 Å². The molecule has 0 N–H and O–H groups in total. The molecule has 0 aliphatic carbocycles. The molecule has 80 heavy (non-hydrogen) atoms. The average Bonchev–Trinajstić information content (AvgIpc) is 4.46. The van der Waals surface area contributed by atoms with E-state index in [0.717, 1.165) is 18.6 Å². The van der Waals surface area contributed by atoms with Crippen molar-refractivity contribution in [3.63, 3.8) is 0 Å². The van der Waals surface area contributed by atoms with Gasteiger partial charge in [-0.05, 0) is 95.3 Å². The molecule has 1 saturated heterocycles. The van der Waals surface area contributed by atoms with E-state index in [4.69, 9.17) is 0 Å². The zero-order chi connectivity index (χ0) is 53.8. The van der Waals surface area contributed by atoms with Crippen LogP contribution in [0.5, 0.6) is 0 Å². The third kappa shape index (κ3) is 18.6. The summed E-state index contributed by atoms with van der Waals surface area (Å²) in [6.07, 6.45) is 0. The molecule has 12 aromatic carbocycles. The van der Waals surface area contributed by atoms with Crippen LogP contribution in [-0.4, -0.2) is 0 Å². The van der Waals surface area contributed by atoms with E-state index in [0.29, 0.717) is 0 Å². The van der Waals surface area contributed by atoms with Gasteiger partial charge in [0.25, 0.3) is 0 Å². The Morgan fingerprint density at radius 2 is 0.225 bits per heavy atom. The van der Waals surface area contributed by atoms with Crippen molar-refractivity contribution in [3.8, 4) is 0 Å². The molecule has 13 rings (SSSR count). The molecule has 0 bridgehead atoms. The van der Waals surface area contributed by atoms with Crippen LogP contribution in [0.15, 0.2) is 364 Å². The molecule has 400 valence electrons. The summed E-state index contributed by atoms with van der Waals surface area (Å²) < 4.78 is 0. The van der Waals surface area contributed by atoms with Gasteiger partial charge in [0.15, 0.2) is 0 Å². The summed E-state index contributed by atoms with van der Waals surface area (Å²) in [4.78, 5) is 3.22. The van der Waals surface area contributed by atoms with Crippen molar-refractivity contribution in [1.29, 1.82) is 0 Å². The Kier molecular flexibility index (Phi) is 25.5. The van der Waals surface area contributed by atoms with Gasteiger partial charge in [-0.2, -0.15) is 0 Å². The number of benzene rings is 12. The second-order valence-electron chi connectivity index (χ2n) is 17.8. The number of hydrogen-bond acceptors (Lipinski definition) is 0. The molecule has 1 fully saturated rings. The monoisotopic (exact) mass is 1470 g/mol. The van der Waals surface area contributed by atoms with Crippen LogP contribution in [0.2, 0.25) is 9.62 Å². The fourth-order valence-electron chi connectivity index (χ4n) is 8.71. The Morgan fingerprint density at radius 3 is 0.287 bits per heavy atom. The van der Waals surface area contributed by atoms with E-state index in [9.17, 15) is 0 Å². The van der Waals surface area contributed by atoms with E-state index < -0.39 is 31.7 Å². The van der Waals surface area contributed by atoms with E-state index in [2.05, 4.69) is 364 Å². The Morgan fingerprint density at radius 1 is 0.150 bits per heavy atom. The van der Waals surface area contributed by atoms with Crippen molar-refractivity contribution < 1.29 is 39.6 Å². The molecule has 12 aromatic rings. The van der Waals surface area contributed by atoms with Crippen LogP contribution in [-0.2, 0) is 39.6 Å².